The van der Waals surface area contributed by atoms with Gasteiger partial charge in [0.2, 0.25) is 0 Å². The summed E-state index contributed by atoms with van der Waals surface area (Å²) in [5.41, 5.74) is 2.48. The first-order valence-corrected chi connectivity index (χ1v) is 8.83. The topological polar surface area (TPSA) is 0 Å². The molecule has 0 unspecified atom stereocenters. The van der Waals surface area contributed by atoms with Gasteiger partial charge >= 0.3 is 0 Å². The number of hydrogen-bond acceptors (Lipinski definition) is 0. The van der Waals surface area contributed by atoms with Gasteiger partial charge in [0.05, 0.1) is 0 Å². The van der Waals surface area contributed by atoms with Crippen molar-refractivity contribution in [2.75, 3.05) is 0 Å². The second-order valence-electron chi connectivity index (χ2n) is 5.22. The largest absolute Gasteiger partial charge is 0.0891 e. The first-order valence-electron chi connectivity index (χ1n) is 7.12. The zero-order chi connectivity index (χ0) is 14.7. The highest BCUT2D eigenvalue weighted by Gasteiger charge is 2.15. The van der Waals surface area contributed by atoms with Gasteiger partial charge in [-0.2, -0.15) is 0 Å². The van der Waals surface area contributed by atoms with E-state index in [9.17, 15) is 0 Å². The second kappa shape index (κ2) is 6.76. The van der Waals surface area contributed by atoms with E-state index in [1.807, 2.05) is 6.07 Å². The normalized spacial score (nSPS) is 13.6. The minimum absolute atomic E-state index is 0.896. The van der Waals surface area contributed by atoms with E-state index in [2.05, 4.69) is 92.5 Å². The molecule has 0 nitrogen and oxygen atoms in total. The van der Waals surface area contributed by atoms with Gasteiger partial charge in [-0.25, -0.2) is 0 Å². The first-order chi connectivity index (χ1) is 10.2. The van der Waals surface area contributed by atoms with E-state index in [0.717, 1.165) is 9.30 Å². The van der Waals surface area contributed by atoms with Gasteiger partial charge in [0.1, 0.15) is 0 Å². The van der Waals surface area contributed by atoms with E-state index in [1.165, 1.54) is 34.7 Å². The van der Waals surface area contributed by atoms with Crippen molar-refractivity contribution in [2.24, 2.45) is 0 Å². The van der Waals surface area contributed by atoms with E-state index in [-0.39, 0.29) is 0 Å². The van der Waals surface area contributed by atoms with Gasteiger partial charge in [-0.3, -0.25) is 0 Å². The Kier molecular flexibility index (Phi) is 4.77. The monoisotopic (exact) mass is 402 g/mol. The van der Waals surface area contributed by atoms with Crippen LogP contribution in [-0.4, -0.2) is 4.83 Å². The molecule has 21 heavy (non-hydrogen) atoms. The average molecular weight is 404 g/mol. The van der Waals surface area contributed by atoms with Crippen LogP contribution in [0.2, 0.25) is 0 Å². The van der Waals surface area contributed by atoms with Gasteiger partial charge in [0, 0.05) is 9.30 Å². The highest BCUT2D eigenvalue weighted by atomic mass is 79.9. The van der Waals surface area contributed by atoms with Gasteiger partial charge in [-0.05, 0) is 46.9 Å². The molecule has 4 rings (SSSR count). The zero-order valence-electron chi connectivity index (χ0n) is 11.6. The summed E-state index contributed by atoms with van der Waals surface area (Å²) in [5, 5.41) is 2.56. The van der Waals surface area contributed by atoms with E-state index in [0.29, 0.717) is 0 Å². The molecule has 0 amide bonds. The molecular formula is C19H16Br2. The van der Waals surface area contributed by atoms with Gasteiger partial charge in [0.25, 0.3) is 0 Å². The Bertz CT molecular complexity index is 745. The minimum atomic E-state index is 0.896. The number of halogens is 2. The summed E-state index contributed by atoms with van der Waals surface area (Å²) in [7, 11) is 0. The summed E-state index contributed by atoms with van der Waals surface area (Å²) < 4.78 is 1.13. The molecule has 0 N–H and O–H groups in total. The minimum Gasteiger partial charge on any atom is -0.0891 e. The fourth-order valence-electron chi connectivity index (χ4n) is 2.12. The highest BCUT2D eigenvalue weighted by molar-refractivity contribution is 9.10. The van der Waals surface area contributed by atoms with Crippen molar-refractivity contribution in [2.45, 2.75) is 17.7 Å². The molecule has 1 aliphatic rings. The summed E-state index contributed by atoms with van der Waals surface area (Å²) >= 11 is 6.98. The molecule has 0 atom stereocenters. The van der Waals surface area contributed by atoms with Crippen LogP contribution in [0.5, 0.6) is 0 Å². The van der Waals surface area contributed by atoms with Gasteiger partial charge < -0.3 is 0 Å². The van der Waals surface area contributed by atoms with Crippen molar-refractivity contribution in [1.29, 1.82) is 0 Å². The molecule has 1 saturated carbocycles. The lowest BCUT2D eigenvalue weighted by atomic mass is 10.0. The average Bonchev–Trinajstić information content (AvgIpc) is 3.30. The van der Waals surface area contributed by atoms with Crippen LogP contribution in [0.25, 0.3) is 21.9 Å². The molecular weight excluding hydrogens is 388 g/mol. The Hall–Kier alpha value is -1.12. The Morgan fingerprint density at radius 3 is 2.05 bits per heavy atom. The standard InChI is InChI=1S/C16H11Br.C3H5Br/c17-16-8-4-3-7-15(16)14-10-9-12-5-1-2-6-13(12)11-14;4-3-1-2-3/h1-11H;3H,1-2H2. The molecule has 0 spiro atoms. The third kappa shape index (κ3) is 3.96. The van der Waals surface area contributed by atoms with E-state index >= 15 is 0 Å². The van der Waals surface area contributed by atoms with Crippen LogP contribution < -0.4 is 0 Å². The van der Waals surface area contributed by atoms with Crippen LogP contribution in [0, 0.1) is 0 Å². The molecule has 0 saturated heterocycles. The smallest absolute Gasteiger partial charge is 0.0253 e. The quantitative estimate of drug-likeness (QED) is 0.391. The van der Waals surface area contributed by atoms with E-state index in [4.69, 9.17) is 0 Å². The Morgan fingerprint density at radius 2 is 1.38 bits per heavy atom. The molecule has 106 valence electrons. The molecule has 0 radical (unpaired) electrons. The first kappa shape index (κ1) is 14.8. The maximum absolute atomic E-state index is 3.60. The van der Waals surface area contributed by atoms with Gasteiger partial charge in [0.15, 0.2) is 0 Å². The predicted molar refractivity (Wildman–Crippen MR) is 99.0 cm³/mol. The molecule has 0 bridgehead atoms. The Labute approximate surface area is 142 Å². The zero-order valence-corrected chi connectivity index (χ0v) is 14.8. The second-order valence-corrected chi connectivity index (χ2v) is 7.37. The molecule has 0 aromatic heterocycles. The van der Waals surface area contributed by atoms with Crippen molar-refractivity contribution >= 4 is 42.6 Å². The fraction of sp³-hybridized carbons (Fsp3) is 0.158. The van der Waals surface area contributed by atoms with Crippen LogP contribution in [0.15, 0.2) is 71.2 Å². The SMILES string of the molecule is BrC1CC1.Brc1ccccc1-c1ccc2ccccc2c1. The number of alkyl halides is 1. The summed E-state index contributed by atoms with van der Waals surface area (Å²) in [6.45, 7) is 0. The molecule has 0 heterocycles. The number of benzene rings is 3. The molecule has 1 fully saturated rings. The predicted octanol–water partition coefficient (Wildman–Crippen LogP) is 6.81. The third-order valence-corrected chi connectivity index (χ3v) is 5.05. The van der Waals surface area contributed by atoms with Gasteiger partial charge in [-0.15, -0.1) is 0 Å². The van der Waals surface area contributed by atoms with Crippen molar-refractivity contribution < 1.29 is 0 Å². The van der Waals surface area contributed by atoms with Crippen molar-refractivity contribution in [3.8, 4) is 11.1 Å². The lowest BCUT2D eigenvalue weighted by Gasteiger charge is -2.06. The summed E-state index contributed by atoms with van der Waals surface area (Å²) in [4.78, 5) is 0.896. The summed E-state index contributed by atoms with van der Waals surface area (Å²) in [5.74, 6) is 0. The van der Waals surface area contributed by atoms with Crippen LogP contribution in [0.1, 0.15) is 12.8 Å². The van der Waals surface area contributed by atoms with Crippen molar-refractivity contribution in [3.05, 3.63) is 71.2 Å². The number of hydrogen-bond donors (Lipinski definition) is 0. The van der Waals surface area contributed by atoms with Crippen LogP contribution in [0.3, 0.4) is 0 Å². The summed E-state index contributed by atoms with van der Waals surface area (Å²) in [6.07, 6.45) is 2.81. The molecule has 2 heteroatoms. The molecule has 3 aromatic carbocycles. The molecule has 3 aromatic rings. The lowest BCUT2D eigenvalue weighted by molar-refractivity contribution is 1.50. The third-order valence-electron chi connectivity index (χ3n) is 3.44. The summed E-state index contributed by atoms with van der Waals surface area (Å²) in [6, 6.07) is 23.3. The number of rotatable bonds is 1. The fourth-order valence-corrected chi connectivity index (χ4v) is 2.89. The number of fused-ring (bicyclic) bond motifs is 1. The molecule has 0 aliphatic heterocycles. The molecule has 1 aliphatic carbocycles. The maximum Gasteiger partial charge on any atom is 0.0253 e. The van der Waals surface area contributed by atoms with Crippen molar-refractivity contribution in [1.82, 2.24) is 0 Å². The van der Waals surface area contributed by atoms with Crippen molar-refractivity contribution in [3.63, 3.8) is 0 Å². The Balaban J connectivity index is 0.000000287. The van der Waals surface area contributed by atoms with Crippen LogP contribution in [0.4, 0.5) is 0 Å². The lowest BCUT2D eigenvalue weighted by Crippen LogP contribution is -1.80. The Morgan fingerprint density at radius 1 is 0.762 bits per heavy atom. The van der Waals surface area contributed by atoms with Crippen LogP contribution in [-0.2, 0) is 0 Å². The van der Waals surface area contributed by atoms with E-state index < -0.39 is 0 Å². The highest BCUT2D eigenvalue weighted by Crippen LogP contribution is 2.30. The maximum atomic E-state index is 3.60. The van der Waals surface area contributed by atoms with Gasteiger partial charge in [-0.1, -0.05) is 86.5 Å². The van der Waals surface area contributed by atoms with E-state index in [1.54, 1.807) is 0 Å². The van der Waals surface area contributed by atoms with Crippen LogP contribution >= 0.6 is 31.9 Å².